The number of hydrogen-bond acceptors (Lipinski definition) is 4. The molecular formula is C13H11ClF2N4O2. The van der Waals surface area contributed by atoms with Crippen LogP contribution in [0.5, 0.6) is 5.75 Å². The Kier molecular flexibility index (Phi) is 3.93. The predicted molar refractivity (Wildman–Crippen MR) is 74.4 cm³/mol. The molecule has 1 fully saturated rings. The van der Waals surface area contributed by atoms with Crippen LogP contribution in [0.1, 0.15) is 34.9 Å². The highest BCUT2D eigenvalue weighted by atomic mass is 35.5. The molecule has 0 unspecified atom stereocenters. The molecule has 0 atom stereocenters. The highest BCUT2D eigenvalue weighted by molar-refractivity contribution is 6.32. The standard InChI is InChI=1S/C13H11ClF2N4O2/c14-8-5-7(3-4-9(8)22-13(15)16)17-12(21)11-10(6-1-2-6)18-20-19-11/h3-6,13H,1-2H2,(H,17,21)(H,18,19,20). The monoisotopic (exact) mass is 328 g/mol. The largest absolute Gasteiger partial charge is 0.433 e. The van der Waals surface area contributed by atoms with Gasteiger partial charge in [0.1, 0.15) is 5.75 Å². The van der Waals surface area contributed by atoms with Gasteiger partial charge in [0.05, 0.1) is 10.7 Å². The van der Waals surface area contributed by atoms with Gasteiger partial charge in [0.25, 0.3) is 5.91 Å². The van der Waals surface area contributed by atoms with Crippen molar-refractivity contribution >= 4 is 23.2 Å². The number of nitrogens with one attached hydrogen (secondary N) is 2. The number of carbonyl (C=O) groups is 1. The van der Waals surface area contributed by atoms with E-state index in [4.69, 9.17) is 11.6 Å². The van der Waals surface area contributed by atoms with Crippen LogP contribution in [0.2, 0.25) is 5.02 Å². The first-order chi connectivity index (χ1) is 10.5. The molecule has 1 saturated carbocycles. The first-order valence-corrected chi connectivity index (χ1v) is 6.88. The molecule has 2 aromatic rings. The zero-order valence-electron chi connectivity index (χ0n) is 11.1. The number of H-pyrrole nitrogens is 1. The Morgan fingerprint density at radius 3 is 2.82 bits per heavy atom. The van der Waals surface area contributed by atoms with Gasteiger partial charge in [-0.3, -0.25) is 4.79 Å². The van der Waals surface area contributed by atoms with Gasteiger partial charge in [0.15, 0.2) is 5.69 Å². The maximum atomic E-state index is 12.2. The van der Waals surface area contributed by atoms with Gasteiger partial charge in [-0.15, -0.1) is 0 Å². The van der Waals surface area contributed by atoms with Gasteiger partial charge in [-0.2, -0.15) is 24.2 Å². The first kappa shape index (κ1) is 14.7. The van der Waals surface area contributed by atoms with Gasteiger partial charge in [0.2, 0.25) is 0 Å². The number of aromatic amines is 1. The third-order valence-corrected chi connectivity index (χ3v) is 3.46. The molecule has 1 amide bonds. The minimum absolute atomic E-state index is 0.0272. The summed E-state index contributed by atoms with van der Waals surface area (Å²) in [5.41, 5.74) is 1.22. The first-order valence-electron chi connectivity index (χ1n) is 6.51. The highest BCUT2D eigenvalue weighted by Crippen LogP contribution is 2.40. The minimum atomic E-state index is -2.96. The second-order valence-electron chi connectivity index (χ2n) is 4.81. The van der Waals surface area contributed by atoms with Crippen molar-refractivity contribution in [2.75, 3.05) is 5.32 Å². The van der Waals surface area contributed by atoms with E-state index in [1.165, 1.54) is 18.2 Å². The van der Waals surface area contributed by atoms with Crippen molar-refractivity contribution < 1.29 is 18.3 Å². The molecule has 116 valence electrons. The van der Waals surface area contributed by atoms with Crippen LogP contribution in [0, 0.1) is 0 Å². The van der Waals surface area contributed by atoms with Gasteiger partial charge in [-0.1, -0.05) is 11.6 Å². The van der Waals surface area contributed by atoms with E-state index in [0.717, 1.165) is 12.8 Å². The molecule has 1 aromatic heterocycles. The highest BCUT2D eigenvalue weighted by Gasteiger charge is 2.31. The average Bonchev–Trinajstić information content (AvgIpc) is 3.18. The second kappa shape index (κ2) is 5.88. The van der Waals surface area contributed by atoms with Crippen molar-refractivity contribution in [3.05, 3.63) is 34.6 Å². The molecule has 1 aliphatic carbocycles. The number of alkyl halides is 2. The van der Waals surface area contributed by atoms with Crippen LogP contribution in [0.15, 0.2) is 18.2 Å². The normalized spacial score (nSPS) is 14.2. The number of rotatable bonds is 5. The van der Waals surface area contributed by atoms with Crippen molar-refractivity contribution in [3.8, 4) is 5.75 Å². The van der Waals surface area contributed by atoms with Gasteiger partial charge in [0, 0.05) is 11.6 Å². The summed E-state index contributed by atoms with van der Waals surface area (Å²) in [6.07, 6.45) is 1.97. The van der Waals surface area contributed by atoms with E-state index in [1.807, 2.05) is 0 Å². The van der Waals surface area contributed by atoms with Crippen molar-refractivity contribution in [2.24, 2.45) is 0 Å². The summed E-state index contributed by atoms with van der Waals surface area (Å²) in [6.45, 7) is -2.96. The zero-order chi connectivity index (χ0) is 15.7. The van der Waals surface area contributed by atoms with E-state index >= 15 is 0 Å². The Morgan fingerprint density at radius 1 is 1.41 bits per heavy atom. The van der Waals surface area contributed by atoms with Gasteiger partial charge in [-0.05, 0) is 31.0 Å². The summed E-state index contributed by atoms with van der Waals surface area (Å²) in [7, 11) is 0. The van der Waals surface area contributed by atoms with Crippen molar-refractivity contribution in [1.29, 1.82) is 0 Å². The SMILES string of the molecule is O=C(Nc1ccc(OC(F)F)c(Cl)c1)c1n[nH]nc1C1CC1. The zero-order valence-corrected chi connectivity index (χ0v) is 11.9. The molecule has 0 radical (unpaired) electrons. The van der Waals surface area contributed by atoms with Gasteiger partial charge >= 0.3 is 6.61 Å². The molecule has 6 nitrogen and oxygen atoms in total. The van der Waals surface area contributed by atoms with Crippen molar-refractivity contribution in [1.82, 2.24) is 15.4 Å². The fourth-order valence-electron chi connectivity index (χ4n) is 2.01. The van der Waals surface area contributed by atoms with Crippen molar-refractivity contribution in [3.63, 3.8) is 0 Å². The van der Waals surface area contributed by atoms with Gasteiger partial charge < -0.3 is 10.1 Å². The van der Waals surface area contributed by atoms with E-state index in [-0.39, 0.29) is 22.4 Å². The fourth-order valence-corrected chi connectivity index (χ4v) is 2.23. The predicted octanol–water partition coefficient (Wildman–Crippen LogP) is 3.19. The maximum absolute atomic E-state index is 12.2. The summed E-state index contributed by atoms with van der Waals surface area (Å²) in [4.78, 5) is 12.2. The van der Waals surface area contributed by atoms with Crippen LogP contribution in [-0.4, -0.2) is 27.9 Å². The lowest BCUT2D eigenvalue weighted by molar-refractivity contribution is -0.0497. The Balaban J connectivity index is 1.73. The van der Waals surface area contributed by atoms with Crippen LogP contribution in [0.3, 0.4) is 0 Å². The summed E-state index contributed by atoms with van der Waals surface area (Å²) in [5.74, 6) is -0.325. The number of anilines is 1. The minimum Gasteiger partial charge on any atom is -0.433 e. The molecule has 0 spiro atoms. The number of benzene rings is 1. The van der Waals surface area contributed by atoms with E-state index in [0.29, 0.717) is 11.4 Å². The van der Waals surface area contributed by atoms with E-state index in [2.05, 4.69) is 25.5 Å². The second-order valence-corrected chi connectivity index (χ2v) is 5.22. The molecule has 1 aromatic carbocycles. The van der Waals surface area contributed by atoms with E-state index in [9.17, 15) is 13.6 Å². The smallest absolute Gasteiger partial charge is 0.387 e. The molecule has 22 heavy (non-hydrogen) atoms. The third kappa shape index (κ3) is 3.16. The number of amides is 1. The summed E-state index contributed by atoms with van der Waals surface area (Å²) in [5, 5.41) is 12.8. The van der Waals surface area contributed by atoms with E-state index in [1.54, 1.807) is 0 Å². The quantitative estimate of drug-likeness (QED) is 0.883. The fraction of sp³-hybridized carbons (Fsp3) is 0.308. The number of halogens is 3. The van der Waals surface area contributed by atoms with Gasteiger partial charge in [-0.25, -0.2) is 0 Å². The molecule has 1 aliphatic rings. The molecule has 0 aliphatic heterocycles. The summed E-state index contributed by atoms with van der Waals surface area (Å²) in [6, 6.07) is 4.00. The number of hydrogen-bond donors (Lipinski definition) is 2. The van der Waals surface area contributed by atoms with Crippen LogP contribution in [0.4, 0.5) is 14.5 Å². The van der Waals surface area contributed by atoms with Crippen LogP contribution >= 0.6 is 11.6 Å². The Labute approximate surface area is 128 Å². The molecule has 1 heterocycles. The lowest BCUT2D eigenvalue weighted by Crippen LogP contribution is -2.14. The van der Waals surface area contributed by atoms with Crippen LogP contribution in [-0.2, 0) is 0 Å². The number of nitrogens with zero attached hydrogens (tertiary/aromatic N) is 2. The topological polar surface area (TPSA) is 79.9 Å². The summed E-state index contributed by atoms with van der Waals surface area (Å²) < 4.78 is 28.5. The van der Waals surface area contributed by atoms with E-state index < -0.39 is 12.5 Å². The molecule has 3 rings (SSSR count). The molecule has 0 bridgehead atoms. The Morgan fingerprint density at radius 2 is 2.18 bits per heavy atom. The number of ether oxygens (including phenoxy) is 1. The molecule has 0 saturated heterocycles. The van der Waals surface area contributed by atoms with Crippen LogP contribution in [0.25, 0.3) is 0 Å². The lowest BCUT2D eigenvalue weighted by atomic mass is 10.2. The molecule has 2 N–H and O–H groups in total. The summed E-state index contributed by atoms with van der Waals surface area (Å²) >= 11 is 5.83. The Hall–Kier alpha value is -2.22. The van der Waals surface area contributed by atoms with Crippen molar-refractivity contribution in [2.45, 2.75) is 25.4 Å². The number of carbonyl (C=O) groups excluding carboxylic acids is 1. The number of aromatic nitrogens is 3. The molecule has 9 heteroatoms. The Bertz CT molecular complexity index is 703. The molecular weight excluding hydrogens is 318 g/mol. The maximum Gasteiger partial charge on any atom is 0.387 e. The van der Waals surface area contributed by atoms with Crippen LogP contribution < -0.4 is 10.1 Å². The average molecular weight is 329 g/mol. The third-order valence-electron chi connectivity index (χ3n) is 3.16. The lowest BCUT2D eigenvalue weighted by Gasteiger charge is -2.09.